The Bertz CT molecular complexity index is 1380. The highest BCUT2D eigenvalue weighted by atomic mass is 35.5. The number of methoxy groups -OCH3 is 1. The van der Waals surface area contributed by atoms with Gasteiger partial charge in [-0.1, -0.05) is 62.7 Å². The molecule has 0 heterocycles. The molecule has 2 amide bonds. The van der Waals surface area contributed by atoms with Crippen molar-refractivity contribution in [2.45, 2.75) is 44.7 Å². The second-order valence-electron chi connectivity index (χ2n) is 9.74. The van der Waals surface area contributed by atoms with Gasteiger partial charge in [-0.15, -0.1) is 0 Å². The Balaban J connectivity index is 2.04. The highest BCUT2D eigenvalue weighted by Crippen LogP contribution is 2.26. The van der Waals surface area contributed by atoms with Gasteiger partial charge in [-0.3, -0.25) is 13.9 Å². The number of amides is 2. The molecule has 0 aliphatic rings. The van der Waals surface area contributed by atoms with E-state index in [2.05, 4.69) is 5.32 Å². The first-order valence-electron chi connectivity index (χ1n) is 13.1. The van der Waals surface area contributed by atoms with Crippen molar-refractivity contribution in [2.24, 2.45) is 5.92 Å². The van der Waals surface area contributed by atoms with Crippen molar-refractivity contribution in [2.75, 3.05) is 24.5 Å². The minimum atomic E-state index is -4.13. The van der Waals surface area contributed by atoms with Crippen LogP contribution in [0, 0.1) is 5.92 Å². The maximum absolute atomic E-state index is 14.1. The monoisotopic (exact) mass is 585 g/mol. The van der Waals surface area contributed by atoms with Crippen molar-refractivity contribution in [3.05, 3.63) is 89.4 Å². The van der Waals surface area contributed by atoms with Crippen LogP contribution in [0.2, 0.25) is 5.02 Å². The Kier molecular flexibility index (Phi) is 11.0. The van der Waals surface area contributed by atoms with Crippen molar-refractivity contribution in [3.63, 3.8) is 0 Å². The van der Waals surface area contributed by atoms with Crippen LogP contribution in [-0.2, 0) is 26.2 Å². The average Bonchev–Trinajstić information content (AvgIpc) is 2.95. The van der Waals surface area contributed by atoms with Gasteiger partial charge in [-0.25, -0.2) is 8.42 Å². The van der Waals surface area contributed by atoms with Crippen LogP contribution in [0.3, 0.4) is 0 Å². The summed E-state index contributed by atoms with van der Waals surface area (Å²) in [4.78, 5) is 28.8. The summed E-state index contributed by atoms with van der Waals surface area (Å²) in [5.74, 6) is 0.0114. The number of nitrogens with one attached hydrogen (secondary N) is 1. The molecule has 1 unspecified atom stereocenters. The molecule has 0 saturated carbocycles. The molecule has 214 valence electrons. The molecule has 40 heavy (non-hydrogen) atoms. The van der Waals surface area contributed by atoms with Crippen LogP contribution in [0.25, 0.3) is 0 Å². The van der Waals surface area contributed by atoms with Crippen LogP contribution < -0.4 is 14.4 Å². The Morgan fingerprint density at radius 3 is 2.25 bits per heavy atom. The van der Waals surface area contributed by atoms with Crippen LogP contribution in [0.15, 0.2) is 83.8 Å². The van der Waals surface area contributed by atoms with Gasteiger partial charge in [0.2, 0.25) is 11.8 Å². The van der Waals surface area contributed by atoms with E-state index in [0.29, 0.717) is 23.7 Å². The lowest BCUT2D eigenvalue weighted by Crippen LogP contribution is -2.52. The normalized spacial score (nSPS) is 12.1. The number of rotatable bonds is 13. The predicted octanol–water partition coefficient (Wildman–Crippen LogP) is 5.12. The van der Waals surface area contributed by atoms with Gasteiger partial charge in [0.25, 0.3) is 10.0 Å². The molecule has 0 aromatic heterocycles. The summed E-state index contributed by atoms with van der Waals surface area (Å²) in [7, 11) is -2.58. The molecule has 3 aromatic rings. The maximum Gasteiger partial charge on any atom is 0.264 e. The fourth-order valence-corrected chi connectivity index (χ4v) is 5.73. The fourth-order valence-electron chi connectivity index (χ4n) is 4.17. The third-order valence-electron chi connectivity index (χ3n) is 6.28. The SMILES string of the molecule is CCC(C(=O)NCC(C)C)N(Cc1cccc(OC)c1)C(=O)CN(c1ccc(Cl)cc1)S(=O)(=O)c1ccccc1. The van der Waals surface area contributed by atoms with Crippen LogP contribution in [0.1, 0.15) is 32.8 Å². The van der Waals surface area contributed by atoms with E-state index < -0.39 is 28.5 Å². The number of ether oxygens (including phenoxy) is 1. The molecule has 0 bridgehead atoms. The number of hydrogen-bond acceptors (Lipinski definition) is 5. The second-order valence-corrected chi connectivity index (χ2v) is 12.0. The first kappa shape index (κ1) is 31.0. The lowest BCUT2D eigenvalue weighted by Gasteiger charge is -2.33. The van der Waals surface area contributed by atoms with Gasteiger partial charge in [-0.05, 0) is 66.4 Å². The number of halogens is 1. The van der Waals surface area contributed by atoms with Gasteiger partial charge in [-0.2, -0.15) is 0 Å². The fraction of sp³-hybridized carbons (Fsp3) is 0.333. The molecular formula is C30H36ClN3O5S. The summed E-state index contributed by atoms with van der Waals surface area (Å²) in [5.41, 5.74) is 1.02. The first-order valence-corrected chi connectivity index (χ1v) is 14.9. The van der Waals surface area contributed by atoms with Crippen molar-refractivity contribution >= 4 is 39.1 Å². The molecule has 0 fully saturated rings. The van der Waals surface area contributed by atoms with E-state index in [0.717, 1.165) is 9.87 Å². The molecular weight excluding hydrogens is 550 g/mol. The van der Waals surface area contributed by atoms with Gasteiger partial charge in [0, 0.05) is 18.1 Å². The van der Waals surface area contributed by atoms with Gasteiger partial charge in [0.05, 0.1) is 17.7 Å². The largest absolute Gasteiger partial charge is 0.497 e. The number of nitrogens with zero attached hydrogens (tertiary/aromatic N) is 2. The minimum Gasteiger partial charge on any atom is -0.497 e. The van der Waals surface area contributed by atoms with Crippen LogP contribution in [0.4, 0.5) is 5.69 Å². The Morgan fingerprint density at radius 2 is 1.65 bits per heavy atom. The first-order chi connectivity index (χ1) is 19.1. The third kappa shape index (κ3) is 7.99. The summed E-state index contributed by atoms with van der Waals surface area (Å²) in [6.07, 6.45) is 0.339. The summed E-state index contributed by atoms with van der Waals surface area (Å²) in [6.45, 7) is 5.82. The number of anilines is 1. The van der Waals surface area contributed by atoms with Gasteiger partial charge < -0.3 is 15.0 Å². The Morgan fingerprint density at radius 1 is 0.975 bits per heavy atom. The van der Waals surface area contributed by atoms with E-state index in [1.165, 1.54) is 17.0 Å². The second kappa shape index (κ2) is 14.2. The summed E-state index contributed by atoms with van der Waals surface area (Å²) in [6, 6.07) is 20.5. The summed E-state index contributed by atoms with van der Waals surface area (Å²) < 4.78 is 34.0. The van der Waals surface area contributed by atoms with E-state index in [1.54, 1.807) is 67.8 Å². The summed E-state index contributed by atoms with van der Waals surface area (Å²) >= 11 is 6.07. The lowest BCUT2D eigenvalue weighted by molar-refractivity contribution is -0.140. The van der Waals surface area contributed by atoms with E-state index in [4.69, 9.17) is 16.3 Å². The van der Waals surface area contributed by atoms with E-state index in [-0.39, 0.29) is 29.0 Å². The van der Waals surface area contributed by atoms with Crippen LogP contribution >= 0.6 is 11.6 Å². The van der Waals surface area contributed by atoms with Crippen LogP contribution in [0.5, 0.6) is 5.75 Å². The number of sulfonamides is 1. The quantitative estimate of drug-likeness (QED) is 0.300. The molecule has 0 aliphatic heterocycles. The molecule has 0 aliphatic carbocycles. The van der Waals surface area contributed by atoms with Crippen molar-refractivity contribution in [1.29, 1.82) is 0 Å². The predicted molar refractivity (Wildman–Crippen MR) is 158 cm³/mol. The van der Waals surface area contributed by atoms with E-state index in [1.807, 2.05) is 26.8 Å². The van der Waals surface area contributed by atoms with E-state index >= 15 is 0 Å². The standard InChI is InChI=1S/C30H36ClN3O5S/c1-5-28(30(36)32-19-22(2)3)33(20-23-10-9-11-26(18-23)39-4)29(35)21-34(25-16-14-24(31)15-17-25)40(37,38)27-12-7-6-8-13-27/h6-18,22,28H,5,19-21H2,1-4H3,(H,32,36). The van der Waals surface area contributed by atoms with Crippen molar-refractivity contribution in [3.8, 4) is 5.75 Å². The molecule has 1 atom stereocenters. The molecule has 10 heteroatoms. The molecule has 1 N–H and O–H groups in total. The molecule has 0 spiro atoms. The summed E-state index contributed by atoms with van der Waals surface area (Å²) in [5, 5.41) is 3.35. The molecule has 0 saturated heterocycles. The Hall–Kier alpha value is -3.56. The highest BCUT2D eigenvalue weighted by Gasteiger charge is 2.33. The topological polar surface area (TPSA) is 96.0 Å². The zero-order chi connectivity index (χ0) is 29.3. The van der Waals surface area contributed by atoms with Gasteiger partial charge in [0.15, 0.2) is 0 Å². The number of benzene rings is 3. The smallest absolute Gasteiger partial charge is 0.264 e. The Labute approximate surface area is 241 Å². The average molecular weight is 586 g/mol. The molecule has 3 aromatic carbocycles. The number of carbonyl (C=O) groups is 2. The van der Waals surface area contributed by atoms with Gasteiger partial charge in [0.1, 0.15) is 18.3 Å². The van der Waals surface area contributed by atoms with E-state index in [9.17, 15) is 18.0 Å². The molecule has 8 nitrogen and oxygen atoms in total. The lowest BCUT2D eigenvalue weighted by atomic mass is 10.1. The number of hydrogen-bond donors (Lipinski definition) is 1. The maximum atomic E-state index is 14.1. The van der Waals surface area contributed by atoms with Crippen molar-refractivity contribution in [1.82, 2.24) is 10.2 Å². The zero-order valence-corrected chi connectivity index (χ0v) is 24.8. The van der Waals surface area contributed by atoms with Crippen LogP contribution in [-0.4, -0.2) is 51.4 Å². The number of carbonyl (C=O) groups excluding carboxylic acids is 2. The molecule has 0 radical (unpaired) electrons. The highest BCUT2D eigenvalue weighted by molar-refractivity contribution is 7.92. The van der Waals surface area contributed by atoms with Crippen molar-refractivity contribution < 1.29 is 22.7 Å². The minimum absolute atomic E-state index is 0.0406. The third-order valence-corrected chi connectivity index (χ3v) is 8.32. The molecule has 3 rings (SSSR count). The van der Waals surface area contributed by atoms with Gasteiger partial charge >= 0.3 is 0 Å². The zero-order valence-electron chi connectivity index (χ0n) is 23.2.